The monoisotopic (exact) mass is 227 g/mol. The Morgan fingerprint density at radius 1 is 1.06 bits per heavy atom. The fourth-order valence-electron chi connectivity index (χ4n) is 1.67. The molecule has 0 saturated heterocycles. The topological polar surface area (TPSA) is 37.8 Å². The summed E-state index contributed by atoms with van der Waals surface area (Å²) in [7, 11) is 0. The summed E-state index contributed by atoms with van der Waals surface area (Å²) in [5.41, 5.74) is 2.39. The van der Waals surface area contributed by atoms with Gasteiger partial charge >= 0.3 is 0 Å². The second kappa shape index (κ2) is 5.43. The molecule has 0 aliphatic rings. The summed E-state index contributed by atoms with van der Waals surface area (Å²) in [5.74, 6) is 1.64. The maximum atomic E-state index is 4.47. The molecule has 0 unspecified atom stereocenters. The number of benzene rings is 1. The van der Waals surface area contributed by atoms with Gasteiger partial charge in [-0.3, -0.25) is 0 Å². The molecule has 2 aromatic rings. The van der Waals surface area contributed by atoms with E-state index < -0.39 is 0 Å². The minimum atomic E-state index is 0.770. The quantitative estimate of drug-likeness (QED) is 0.872. The molecule has 3 nitrogen and oxygen atoms in total. The normalized spacial score (nSPS) is 10.2. The lowest BCUT2D eigenvalue weighted by molar-refractivity contribution is 1.11. The zero-order chi connectivity index (χ0) is 12.1. The maximum absolute atomic E-state index is 4.47. The molecule has 3 heteroatoms. The number of hydrogen-bond donors (Lipinski definition) is 1. The molecule has 0 fully saturated rings. The smallest absolute Gasteiger partial charge is 0.161 e. The number of nitrogens with zero attached hydrogens (tertiary/aromatic N) is 2. The van der Waals surface area contributed by atoms with Gasteiger partial charge in [-0.2, -0.15) is 0 Å². The summed E-state index contributed by atoms with van der Waals surface area (Å²) in [4.78, 5) is 8.76. The fraction of sp³-hybridized carbons (Fsp3) is 0.286. The fourth-order valence-corrected chi connectivity index (χ4v) is 1.67. The molecule has 0 saturated carbocycles. The molecule has 0 bridgehead atoms. The van der Waals surface area contributed by atoms with Gasteiger partial charge in [0.1, 0.15) is 5.82 Å². The van der Waals surface area contributed by atoms with Crippen LogP contribution in [0.3, 0.4) is 0 Å². The molecule has 0 atom stereocenters. The minimum Gasteiger partial charge on any atom is -0.370 e. The number of nitrogens with one attached hydrogen (secondary N) is 1. The van der Waals surface area contributed by atoms with Crippen molar-refractivity contribution in [2.45, 2.75) is 20.3 Å². The number of hydrogen-bond acceptors (Lipinski definition) is 3. The number of anilines is 1. The van der Waals surface area contributed by atoms with Crippen molar-refractivity contribution in [1.82, 2.24) is 9.97 Å². The van der Waals surface area contributed by atoms with E-state index in [0.29, 0.717) is 0 Å². The lowest BCUT2D eigenvalue weighted by Crippen LogP contribution is -2.00. The van der Waals surface area contributed by atoms with Crippen molar-refractivity contribution in [3.05, 3.63) is 42.1 Å². The highest BCUT2D eigenvalue weighted by Gasteiger charge is 2.01. The Balaban J connectivity index is 2.28. The van der Waals surface area contributed by atoms with E-state index in [-0.39, 0.29) is 0 Å². The minimum absolute atomic E-state index is 0.770. The van der Waals surface area contributed by atoms with Gasteiger partial charge in [-0.05, 0) is 25.0 Å². The summed E-state index contributed by atoms with van der Waals surface area (Å²) in [5, 5.41) is 3.19. The van der Waals surface area contributed by atoms with Crippen molar-refractivity contribution in [3.8, 4) is 11.4 Å². The first-order valence-corrected chi connectivity index (χ1v) is 5.99. The van der Waals surface area contributed by atoms with Crippen LogP contribution in [0.15, 0.2) is 36.5 Å². The van der Waals surface area contributed by atoms with Crippen molar-refractivity contribution >= 4 is 5.82 Å². The molecule has 1 heterocycles. The average Bonchev–Trinajstić information content (AvgIpc) is 2.40. The van der Waals surface area contributed by atoms with E-state index in [1.54, 1.807) is 6.20 Å². The van der Waals surface area contributed by atoms with E-state index in [0.717, 1.165) is 30.2 Å². The van der Waals surface area contributed by atoms with Crippen molar-refractivity contribution in [1.29, 1.82) is 0 Å². The van der Waals surface area contributed by atoms with E-state index >= 15 is 0 Å². The van der Waals surface area contributed by atoms with Crippen LogP contribution in [0.4, 0.5) is 5.82 Å². The summed E-state index contributed by atoms with van der Waals surface area (Å²) in [6.07, 6.45) is 2.84. The Morgan fingerprint density at radius 2 is 1.82 bits per heavy atom. The van der Waals surface area contributed by atoms with E-state index in [1.807, 2.05) is 6.07 Å². The van der Waals surface area contributed by atoms with Crippen molar-refractivity contribution in [3.63, 3.8) is 0 Å². The molecule has 0 aliphatic heterocycles. The van der Waals surface area contributed by atoms with Gasteiger partial charge in [0.2, 0.25) is 0 Å². The largest absolute Gasteiger partial charge is 0.370 e. The first-order valence-electron chi connectivity index (χ1n) is 5.99. The first-order chi connectivity index (χ1) is 8.33. The molecule has 0 radical (unpaired) electrons. The summed E-state index contributed by atoms with van der Waals surface area (Å²) < 4.78 is 0. The van der Waals surface area contributed by atoms with E-state index in [2.05, 4.69) is 53.4 Å². The summed E-state index contributed by atoms with van der Waals surface area (Å²) in [6, 6.07) is 10.3. The van der Waals surface area contributed by atoms with E-state index in [4.69, 9.17) is 0 Å². The van der Waals surface area contributed by atoms with Gasteiger partial charge in [0, 0.05) is 18.3 Å². The van der Waals surface area contributed by atoms with Crippen molar-refractivity contribution in [2.24, 2.45) is 0 Å². The predicted octanol–water partition coefficient (Wildman–Crippen LogP) is 3.14. The van der Waals surface area contributed by atoms with Crippen LogP contribution < -0.4 is 5.32 Å². The third-order valence-corrected chi connectivity index (χ3v) is 2.63. The van der Waals surface area contributed by atoms with E-state index in [9.17, 15) is 0 Å². The Labute approximate surface area is 102 Å². The zero-order valence-electron chi connectivity index (χ0n) is 10.3. The Morgan fingerprint density at radius 3 is 2.47 bits per heavy atom. The van der Waals surface area contributed by atoms with Gasteiger partial charge < -0.3 is 5.32 Å². The molecule has 0 amide bonds. The number of rotatable bonds is 4. The van der Waals surface area contributed by atoms with Gasteiger partial charge in [-0.15, -0.1) is 0 Å². The lowest BCUT2D eigenvalue weighted by Gasteiger charge is -2.05. The third kappa shape index (κ3) is 2.81. The average molecular weight is 227 g/mol. The summed E-state index contributed by atoms with van der Waals surface area (Å²) >= 11 is 0. The van der Waals surface area contributed by atoms with Crippen molar-refractivity contribution < 1.29 is 0 Å². The van der Waals surface area contributed by atoms with Gasteiger partial charge in [0.25, 0.3) is 0 Å². The van der Waals surface area contributed by atoms with Crippen LogP contribution in [0.2, 0.25) is 0 Å². The van der Waals surface area contributed by atoms with Crippen LogP contribution in [-0.4, -0.2) is 16.5 Å². The molecule has 1 N–H and O–H groups in total. The second-order valence-electron chi connectivity index (χ2n) is 3.85. The standard InChI is InChI=1S/C14H17N3/c1-3-11-5-7-12(8-6-11)14-16-10-9-13(17-14)15-4-2/h5-10H,3-4H2,1-2H3,(H,15,16,17). The Bertz CT molecular complexity index is 477. The molecule has 1 aromatic carbocycles. The van der Waals surface area contributed by atoms with Crippen LogP contribution >= 0.6 is 0 Å². The van der Waals surface area contributed by atoms with Crippen LogP contribution in [0, 0.1) is 0 Å². The Kier molecular flexibility index (Phi) is 3.70. The van der Waals surface area contributed by atoms with Gasteiger partial charge in [-0.25, -0.2) is 9.97 Å². The number of aryl methyl sites for hydroxylation is 1. The molecule has 0 aliphatic carbocycles. The number of aromatic nitrogens is 2. The molecule has 88 valence electrons. The molecule has 1 aromatic heterocycles. The van der Waals surface area contributed by atoms with Gasteiger partial charge in [0.05, 0.1) is 0 Å². The lowest BCUT2D eigenvalue weighted by atomic mass is 10.1. The molecule has 2 rings (SSSR count). The highest BCUT2D eigenvalue weighted by molar-refractivity contribution is 5.57. The van der Waals surface area contributed by atoms with Crippen LogP contribution in [0.5, 0.6) is 0 Å². The highest BCUT2D eigenvalue weighted by atomic mass is 15.0. The van der Waals surface area contributed by atoms with Crippen LogP contribution in [0.1, 0.15) is 19.4 Å². The van der Waals surface area contributed by atoms with Gasteiger partial charge in [0.15, 0.2) is 5.82 Å². The molecule has 0 spiro atoms. The molecule has 17 heavy (non-hydrogen) atoms. The predicted molar refractivity (Wildman–Crippen MR) is 71.0 cm³/mol. The second-order valence-corrected chi connectivity index (χ2v) is 3.85. The van der Waals surface area contributed by atoms with E-state index in [1.165, 1.54) is 5.56 Å². The van der Waals surface area contributed by atoms with Crippen LogP contribution in [0.25, 0.3) is 11.4 Å². The molecular weight excluding hydrogens is 210 g/mol. The van der Waals surface area contributed by atoms with Gasteiger partial charge in [-0.1, -0.05) is 31.2 Å². The first kappa shape index (κ1) is 11.6. The summed E-state index contributed by atoms with van der Waals surface area (Å²) in [6.45, 7) is 5.07. The van der Waals surface area contributed by atoms with Crippen LogP contribution in [-0.2, 0) is 6.42 Å². The zero-order valence-corrected chi connectivity index (χ0v) is 10.3. The Hall–Kier alpha value is -1.90. The third-order valence-electron chi connectivity index (χ3n) is 2.63. The SMILES string of the molecule is CCNc1ccnc(-c2ccc(CC)cc2)n1. The molecular formula is C14H17N3. The van der Waals surface area contributed by atoms with Crippen molar-refractivity contribution in [2.75, 3.05) is 11.9 Å². The highest BCUT2D eigenvalue weighted by Crippen LogP contribution is 2.17. The maximum Gasteiger partial charge on any atom is 0.161 e.